The van der Waals surface area contributed by atoms with E-state index in [1.54, 1.807) is 30.3 Å². The highest BCUT2D eigenvalue weighted by Gasteiger charge is 2.16. The number of nitrogens with zero attached hydrogens (tertiary/aromatic N) is 2. The van der Waals surface area contributed by atoms with Gasteiger partial charge in [-0.2, -0.15) is 9.97 Å². The van der Waals surface area contributed by atoms with Gasteiger partial charge in [0.2, 0.25) is 11.8 Å². The van der Waals surface area contributed by atoms with Crippen molar-refractivity contribution in [3.63, 3.8) is 0 Å². The first kappa shape index (κ1) is 13.8. The summed E-state index contributed by atoms with van der Waals surface area (Å²) in [6, 6.07) is 8.48. The van der Waals surface area contributed by atoms with Crippen molar-refractivity contribution >= 4 is 5.97 Å². The zero-order valence-electron chi connectivity index (χ0n) is 11.4. The lowest BCUT2D eigenvalue weighted by atomic mass is 10.1. The zero-order chi connectivity index (χ0) is 14.5. The Hall–Kier alpha value is -2.63. The normalized spacial score (nSPS) is 9.95. The molecule has 0 aliphatic rings. The molecule has 1 heterocycles. The summed E-state index contributed by atoms with van der Waals surface area (Å²) in [5.74, 6) is 0.589. The predicted molar refractivity (Wildman–Crippen MR) is 71.9 cm³/mol. The molecule has 0 atom stereocenters. The highest BCUT2D eigenvalue weighted by atomic mass is 16.5. The molecule has 6 nitrogen and oxygen atoms in total. The molecule has 1 aromatic carbocycles. The fourth-order valence-electron chi connectivity index (χ4n) is 1.70. The number of carbonyl (C=O) groups excluding carboxylic acids is 1. The molecule has 1 aromatic heterocycles. The molecule has 0 fully saturated rings. The minimum absolute atomic E-state index is 0.335. The molecule has 2 rings (SSSR count). The maximum atomic E-state index is 11.8. The molecule has 0 unspecified atom stereocenters. The Morgan fingerprint density at radius 1 is 1.00 bits per heavy atom. The molecule has 0 saturated heterocycles. The Labute approximate surface area is 116 Å². The fraction of sp³-hybridized carbons (Fsp3) is 0.214. The maximum absolute atomic E-state index is 11.8. The summed E-state index contributed by atoms with van der Waals surface area (Å²) >= 11 is 0. The topological polar surface area (TPSA) is 70.5 Å². The average Bonchev–Trinajstić information content (AvgIpc) is 2.53. The van der Waals surface area contributed by atoms with E-state index in [1.165, 1.54) is 21.3 Å². The Morgan fingerprint density at radius 3 is 2.15 bits per heavy atom. The van der Waals surface area contributed by atoms with E-state index in [0.29, 0.717) is 28.7 Å². The Balaban J connectivity index is 2.59. The smallest absolute Gasteiger partial charge is 0.338 e. The summed E-state index contributed by atoms with van der Waals surface area (Å²) in [5.41, 5.74) is 0.932. The van der Waals surface area contributed by atoms with E-state index < -0.39 is 5.97 Å². The van der Waals surface area contributed by atoms with Gasteiger partial charge < -0.3 is 14.2 Å². The molecular formula is C14H14N2O4. The van der Waals surface area contributed by atoms with Crippen LogP contribution in [0.15, 0.2) is 30.3 Å². The number of esters is 1. The van der Waals surface area contributed by atoms with Crippen LogP contribution in [-0.4, -0.2) is 37.3 Å². The number of rotatable bonds is 4. The number of hydrogen-bond donors (Lipinski definition) is 0. The van der Waals surface area contributed by atoms with Crippen LogP contribution in [0.4, 0.5) is 0 Å². The quantitative estimate of drug-likeness (QED) is 0.794. The Kier molecular flexibility index (Phi) is 4.14. The van der Waals surface area contributed by atoms with E-state index in [9.17, 15) is 4.79 Å². The second kappa shape index (κ2) is 6.01. The lowest BCUT2D eigenvalue weighted by Crippen LogP contribution is -2.05. The van der Waals surface area contributed by atoms with Crippen LogP contribution in [0.3, 0.4) is 0 Å². The molecule has 0 spiro atoms. The monoisotopic (exact) mass is 274 g/mol. The standard InChI is InChI=1S/C14H14N2O4/c1-18-11-8-12(19-2)16-13(15-11)9-6-4-5-7-10(9)14(17)20-3/h4-8H,1-3H3. The first-order chi connectivity index (χ1) is 9.69. The maximum Gasteiger partial charge on any atom is 0.338 e. The largest absolute Gasteiger partial charge is 0.481 e. The van der Waals surface area contributed by atoms with Crippen LogP contribution in [0.2, 0.25) is 0 Å². The van der Waals surface area contributed by atoms with E-state index in [-0.39, 0.29) is 0 Å². The Morgan fingerprint density at radius 2 is 1.60 bits per heavy atom. The van der Waals surface area contributed by atoms with Gasteiger partial charge in [-0.1, -0.05) is 18.2 Å². The van der Waals surface area contributed by atoms with Gasteiger partial charge >= 0.3 is 5.97 Å². The fourth-order valence-corrected chi connectivity index (χ4v) is 1.70. The molecule has 6 heteroatoms. The van der Waals surface area contributed by atoms with Crippen LogP contribution in [0, 0.1) is 0 Å². The van der Waals surface area contributed by atoms with Crippen molar-refractivity contribution in [1.82, 2.24) is 9.97 Å². The highest BCUT2D eigenvalue weighted by Crippen LogP contribution is 2.25. The van der Waals surface area contributed by atoms with E-state index >= 15 is 0 Å². The molecule has 0 aliphatic heterocycles. The van der Waals surface area contributed by atoms with Gasteiger partial charge in [0.1, 0.15) is 0 Å². The van der Waals surface area contributed by atoms with Crippen molar-refractivity contribution in [2.75, 3.05) is 21.3 Å². The SMILES string of the molecule is COC(=O)c1ccccc1-c1nc(OC)cc(OC)n1. The second-order valence-corrected chi connectivity index (χ2v) is 3.81. The first-order valence-electron chi connectivity index (χ1n) is 5.84. The van der Waals surface area contributed by atoms with Crippen LogP contribution < -0.4 is 9.47 Å². The van der Waals surface area contributed by atoms with Crippen molar-refractivity contribution in [3.8, 4) is 23.1 Å². The number of aromatic nitrogens is 2. The number of carbonyl (C=O) groups is 1. The third-order valence-corrected chi connectivity index (χ3v) is 2.67. The van der Waals surface area contributed by atoms with E-state index in [0.717, 1.165) is 0 Å². The van der Waals surface area contributed by atoms with Crippen LogP contribution >= 0.6 is 0 Å². The number of hydrogen-bond acceptors (Lipinski definition) is 6. The van der Waals surface area contributed by atoms with Crippen LogP contribution in [0.1, 0.15) is 10.4 Å². The van der Waals surface area contributed by atoms with Gasteiger partial charge in [0.15, 0.2) is 5.82 Å². The summed E-state index contributed by atoms with van der Waals surface area (Å²) < 4.78 is 15.0. The average molecular weight is 274 g/mol. The zero-order valence-corrected chi connectivity index (χ0v) is 11.4. The summed E-state index contributed by atoms with van der Waals surface area (Å²) in [4.78, 5) is 20.2. The van der Waals surface area contributed by atoms with Gasteiger partial charge in [0.05, 0.1) is 33.0 Å². The lowest BCUT2D eigenvalue weighted by molar-refractivity contribution is 0.0601. The highest BCUT2D eigenvalue weighted by molar-refractivity contribution is 5.96. The van der Waals surface area contributed by atoms with E-state index in [2.05, 4.69) is 9.97 Å². The van der Waals surface area contributed by atoms with Crippen molar-refractivity contribution < 1.29 is 19.0 Å². The number of ether oxygens (including phenoxy) is 3. The van der Waals surface area contributed by atoms with Crippen molar-refractivity contribution in [2.45, 2.75) is 0 Å². The van der Waals surface area contributed by atoms with Gasteiger partial charge in [-0.3, -0.25) is 0 Å². The third kappa shape index (κ3) is 2.69. The summed E-state index contributed by atoms with van der Waals surface area (Å²) in [6.45, 7) is 0. The number of methoxy groups -OCH3 is 3. The minimum Gasteiger partial charge on any atom is -0.481 e. The molecule has 0 aliphatic carbocycles. The van der Waals surface area contributed by atoms with Crippen molar-refractivity contribution in [1.29, 1.82) is 0 Å². The molecule has 0 saturated carbocycles. The predicted octanol–water partition coefficient (Wildman–Crippen LogP) is 1.95. The molecule has 0 radical (unpaired) electrons. The third-order valence-electron chi connectivity index (χ3n) is 2.67. The van der Waals surface area contributed by atoms with Gasteiger partial charge in [-0.05, 0) is 6.07 Å². The summed E-state index contributed by atoms with van der Waals surface area (Å²) in [5, 5.41) is 0. The Bertz CT molecular complexity index is 606. The van der Waals surface area contributed by atoms with Crippen LogP contribution in [0.25, 0.3) is 11.4 Å². The second-order valence-electron chi connectivity index (χ2n) is 3.81. The molecule has 0 amide bonds. The minimum atomic E-state index is -0.453. The molecular weight excluding hydrogens is 260 g/mol. The van der Waals surface area contributed by atoms with E-state index in [1.807, 2.05) is 0 Å². The number of benzene rings is 1. The summed E-state index contributed by atoms with van der Waals surface area (Å²) in [6.07, 6.45) is 0. The molecule has 2 aromatic rings. The van der Waals surface area contributed by atoms with Gasteiger partial charge in [0, 0.05) is 5.56 Å². The molecule has 20 heavy (non-hydrogen) atoms. The van der Waals surface area contributed by atoms with Crippen molar-refractivity contribution in [3.05, 3.63) is 35.9 Å². The van der Waals surface area contributed by atoms with Crippen LogP contribution in [-0.2, 0) is 4.74 Å². The van der Waals surface area contributed by atoms with E-state index in [4.69, 9.17) is 14.2 Å². The lowest BCUT2D eigenvalue weighted by Gasteiger charge is -2.09. The van der Waals surface area contributed by atoms with Gasteiger partial charge in [-0.15, -0.1) is 0 Å². The van der Waals surface area contributed by atoms with Gasteiger partial charge in [0.25, 0.3) is 0 Å². The molecule has 0 bridgehead atoms. The molecule has 104 valence electrons. The van der Waals surface area contributed by atoms with Crippen molar-refractivity contribution in [2.24, 2.45) is 0 Å². The molecule has 0 N–H and O–H groups in total. The van der Waals surface area contributed by atoms with Gasteiger partial charge in [-0.25, -0.2) is 4.79 Å². The summed E-state index contributed by atoms with van der Waals surface area (Å²) in [7, 11) is 4.32. The van der Waals surface area contributed by atoms with Crippen LogP contribution in [0.5, 0.6) is 11.8 Å². The first-order valence-corrected chi connectivity index (χ1v) is 5.84.